The number of rotatable bonds is 6. The zero-order chi connectivity index (χ0) is 12.8. The molecule has 0 unspecified atom stereocenters. The maximum absolute atomic E-state index is 12.1. The first kappa shape index (κ1) is 13.6. The molecular formula is C11H17F2N3O. The number of aromatic nitrogens is 2. The van der Waals surface area contributed by atoms with E-state index in [1.54, 1.807) is 6.92 Å². The predicted octanol–water partition coefficient (Wildman–Crippen LogP) is 2.42. The quantitative estimate of drug-likeness (QED) is 0.836. The third-order valence-electron chi connectivity index (χ3n) is 2.15. The smallest absolute Gasteiger partial charge is 0.272 e. The largest absolute Gasteiger partial charge is 0.471 e. The van der Waals surface area contributed by atoms with Gasteiger partial charge < -0.3 is 10.1 Å². The van der Waals surface area contributed by atoms with Crippen LogP contribution in [-0.4, -0.2) is 29.5 Å². The normalized spacial score (nSPS) is 10.7. The highest BCUT2D eigenvalue weighted by molar-refractivity contribution is 5.48. The van der Waals surface area contributed by atoms with Crippen molar-refractivity contribution in [1.29, 1.82) is 0 Å². The first-order chi connectivity index (χ1) is 8.08. The van der Waals surface area contributed by atoms with Crippen LogP contribution in [0, 0.1) is 6.92 Å². The highest BCUT2D eigenvalue weighted by Gasteiger charge is 2.12. The Morgan fingerprint density at radius 2 is 2.00 bits per heavy atom. The molecule has 0 aliphatic heterocycles. The van der Waals surface area contributed by atoms with Crippen molar-refractivity contribution in [3.05, 3.63) is 11.4 Å². The molecule has 0 bridgehead atoms. The standard InChI is InChI=1S/C11H17F2N3O/c1-4-9-15-10(14-5-2)7(3)11(16-9)17-6-8(12)13/h8H,4-6H2,1-3H3,(H,14,15,16). The summed E-state index contributed by atoms with van der Waals surface area (Å²) in [4.78, 5) is 8.38. The third kappa shape index (κ3) is 3.80. The molecule has 1 rings (SSSR count). The van der Waals surface area contributed by atoms with Crippen LogP contribution in [0.1, 0.15) is 25.2 Å². The molecule has 0 atom stereocenters. The summed E-state index contributed by atoms with van der Waals surface area (Å²) in [7, 11) is 0. The molecule has 1 N–H and O–H groups in total. The molecule has 4 nitrogen and oxygen atoms in total. The van der Waals surface area contributed by atoms with E-state index in [9.17, 15) is 8.78 Å². The van der Waals surface area contributed by atoms with Crippen LogP contribution in [0.25, 0.3) is 0 Å². The van der Waals surface area contributed by atoms with Crippen LogP contribution < -0.4 is 10.1 Å². The van der Waals surface area contributed by atoms with Crippen LogP contribution in [0.15, 0.2) is 0 Å². The second kappa shape index (κ2) is 6.32. The van der Waals surface area contributed by atoms with E-state index < -0.39 is 13.0 Å². The van der Waals surface area contributed by atoms with Crippen molar-refractivity contribution in [2.24, 2.45) is 0 Å². The lowest BCUT2D eigenvalue weighted by Crippen LogP contribution is -2.12. The average Bonchev–Trinajstić information content (AvgIpc) is 2.30. The molecular weight excluding hydrogens is 228 g/mol. The first-order valence-electron chi connectivity index (χ1n) is 5.60. The van der Waals surface area contributed by atoms with Crippen molar-refractivity contribution in [1.82, 2.24) is 9.97 Å². The molecule has 0 aliphatic rings. The minimum Gasteiger partial charge on any atom is -0.471 e. The van der Waals surface area contributed by atoms with Gasteiger partial charge in [-0.3, -0.25) is 0 Å². The number of nitrogens with one attached hydrogen (secondary N) is 1. The van der Waals surface area contributed by atoms with E-state index >= 15 is 0 Å². The molecule has 0 amide bonds. The fourth-order valence-electron chi connectivity index (χ4n) is 1.32. The summed E-state index contributed by atoms with van der Waals surface area (Å²) in [6.07, 6.45) is -1.87. The van der Waals surface area contributed by atoms with Crippen LogP contribution in [0.5, 0.6) is 5.88 Å². The van der Waals surface area contributed by atoms with Gasteiger partial charge in [0.2, 0.25) is 5.88 Å². The van der Waals surface area contributed by atoms with Gasteiger partial charge in [0.05, 0.1) is 5.56 Å². The molecule has 1 heterocycles. The van der Waals surface area contributed by atoms with Crippen molar-refractivity contribution in [2.75, 3.05) is 18.5 Å². The number of ether oxygens (including phenoxy) is 1. The molecule has 6 heteroatoms. The van der Waals surface area contributed by atoms with Crippen molar-refractivity contribution in [3.8, 4) is 5.88 Å². The molecule has 0 fully saturated rings. The molecule has 96 valence electrons. The van der Waals surface area contributed by atoms with Gasteiger partial charge in [-0.25, -0.2) is 13.8 Å². The number of nitrogens with zero attached hydrogens (tertiary/aromatic N) is 2. The zero-order valence-corrected chi connectivity index (χ0v) is 10.3. The van der Waals surface area contributed by atoms with Gasteiger partial charge in [0.15, 0.2) is 6.61 Å². The summed E-state index contributed by atoms with van der Waals surface area (Å²) in [5, 5.41) is 3.06. The molecule has 0 aromatic carbocycles. The lowest BCUT2D eigenvalue weighted by molar-refractivity contribution is 0.0790. The first-order valence-corrected chi connectivity index (χ1v) is 5.60. The van der Waals surface area contributed by atoms with Gasteiger partial charge in [-0.05, 0) is 13.8 Å². The van der Waals surface area contributed by atoms with Crippen molar-refractivity contribution < 1.29 is 13.5 Å². The van der Waals surface area contributed by atoms with E-state index in [1.165, 1.54) is 0 Å². The highest BCUT2D eigenvalue weighted by Crippen LogP contribution is 2.22. The Balaban J connectivity index is 2.96. The minimum atomic E-state index is -2.50. The van der Waals surface area contributed by atoms with Crippen LogP contribution in [0.4, 0.5) is 14.6 Å². The third-order valence-corrected chi connectivity index (χ3v) is 2.15. The van der Waals surface area contributed by atoms with Crippen molar-refractivity contribution >= 4 is 5.82 Å². The van der Waals surface area contributed by atoms with Gasteiger partial charge in [-0.15, -0.1) is 0 Å². The van der Waals surface area contributed by atoms with Crippen molar-refractivity contribution in [2.45, 2.75) is 33.6 Å². The number of halogens is 2. The molecule has 17 heavy (non-hydrogen) atoms. The lowest BCUT2D eigenvalue weighted by Gasteiger charge is -2.13. The Bertz CT molecular complexity index is 372. The van der Waals surface area contributed by atoms with Gasteiger partial charge in [-0.2, -0.15) is 4.98 Å². The molecule has 1 aromatic rings. The summed E-state index contributed by atoms with van der Waals surface area (Å²) in [5.41, 5.74) is 0.657. The number of anilines is 1. The minimum absolute atomic E-state index is 0.230. The average molecular weight is 245 g/mol. The van der Waals surface area contributed by atoms with Gasteiger partial charge in [-0.1, -0.05) is 6.92 Å². The van der Waals surface area contributed by atoms with Crippen LogP contribution in [-0.2, 0) is 6.42 Å². The van der Waals surface area contributed by atoms with Crippen LogP contribution >= 0.6 is 0 Å². The fraction of sp³-hybridized carbons (Fsp3) is 0.636. The monoisotopic (exact) mass is 245 g/mol. The molecule has 1 aromatic heterocycles. The van der Waals surface area contributed by atoms with E-state index in [-0.39, 0.29) is 5.88 Å². The Hall–Kier alpha value is -1.46. The SMILES string of the molecule is CCNc1nc(CC)nc(OCC(F)F)c1C. The Morgan fingerprint density at radius 1 is 1.29 bits per heavy atom. The predicted molar refractivity (Wildman–Crippen MR) is 61.8 cm³/mol. The maximum Gasteiger partial charge on any atom is 0.272 e. The molecule has 0 radical (unpaired) electrons. The van der Waals surface area contributed by atoms with Gasteiger partial charge in [0, 0.05) is 13.0 Å². The van der Waals surface area contributed by atoms with Gasteiger partial charge >= 0.3 is 0 Å². The van der Waals surface area contributed by atoms with E-state index in [1.807, 2.05) is 13.8 Å². The van der Waals surface area contributed by atoms with Crippen LogP contribution in [0.3, 0.4) is 0 Å². The number of alkyl halides is 2. The molecule has 0 saturated carbocycles. The van der Waals surface area contributed by atoms with E-state index in [4.69, 9.17) is 4.74 Å². The van der Waals surface area contributed by atoms with Crippen molar-refractivity contribution in [3.63, 3.8) is 0 Å². The van der Waals surface area contributed by atoms with E-state index in [2.05, 4.69) is 15.3 Å². The number of hydrogen-bond donors (Lipinski definition) is 1. The van der Waals surface area contributed by atoms with Gasteiger partial charge in [0.25, 0.3) is 6.43 Å². The van der Waals surface area contributed by atoms with E-state index in [0.717, 1.165) is 0 Å². The van der Waals surface area contributed by atoms with Gasteiger partial charge in [0.1, 0.15) is 11.6 Å². The topological polar surface area (TPSA) is 47.0 Å². The second-order valence-electron chi connectivity index (χ2n) is 3.50. The fourth-order valence-corrected chi connectivity index (χ4v) is 1.32. The highest BCUT2D eigenvalue weighted by atomic mass is 19.3. The van der Waals surface area contributed by atoms with E-state index in [0.29, 0.717) is 30.2 Å². The Morgan fingerprint density at radius 3 is 2.53 bits per heavy atom. The molecule has 0 spiro atoms. The van der Waals surface area contributed by atoms with Crippen LogP contribution in [0.2, 0.25) is 0 Å². The summed E-state index contributed by atoms with van der Waals surface area (Å²) in [5.74, 6) is 1.45. The molecule has 0 saturated heterocycles. The maximum atomic E-state index is 12.1. The lowest BCUT2D eigenvalue weighted by atomic mass is 10.3. The molecule has 0 aliphatic carbocycles. The Kier molecular flexibility index (Phi) is 5.06. The number of hydrogen-bond acceptors (Lipinski definition) is 4. The summed E-state index contributed by atoms with van der Waals surface area (Å²) < 4.78 is 29.2. The summed E-state index contributed by atoms with van der Waals surface area (Å²) in [6, 6.07) is 0. The second-order valence-corrected chi connectivity index (χ2v) is 3.50. The summed E-state index contributed by atoms with van der Waals surface area (Å²) in [6.45, 7) is 5.64. The zero-order valence-electron chi connectivity index (χ0n) is 10.3. The Labute approximate surface area is 99.4 Å². The summed E-state index contributed by atoms with van der Waals surface area (Å²) >= 11 is 0. The number of aryl methyl sites for hydroxylation is 1.